The van der Waals surface area contributed by atoms with Crippen molar-refractivity contribution in [2.45, 2.75) is 19.8 Å². The highest BCUT2D eigenvalue weighted by Gasteiger charge is 2.25. The SMILES string of the molecule is CCCc1cc(C=C2C(=O)Nc3ccc(OC)cc32)ccc1C(=N)c1ccc(N2CCOCC2)nc1. The van der Waals surface area contributed by atoms with Gasteiger partial charge >= 0.3 is 0 Å². The summed E-state index contributed by atoms with van der Waals surface area (Å²) in [6.45, 7) is 5.21. The van der Waals surface area contributed by atoms with Gasteiger partial charge < -0.3 is 19.7 Å². The summed E-state index contributed by atoms with van der Waals surface area (Å²) in [5.41, 5.74) is 6.36. The molecule has 7 heteroatoms. The van der Waals surface area contributed by atoms with Crippen molar-refractivity contribution in [2.75, 3.05) is 43.6 Å². The molecule has 0 bridgehead atoms. The molecule has 0 radical (unpaired) electrons. The lowest BCUT2D eigenvalue weighted by Crippen LogP contribution is -2.36. The standard InChI is InChI=1S/C29H30N4O3/c1-3-4-20-15-19(16-25-24-17-22(35-2)7-9-26(24)32-29(25)34)5-8-23(20)28(30)21-6-10-27(31-18-21)33-11-13-36-14-12-33/h5-10,15-18,30H,3-4,11-14H2,1-2H3,(H,32,34). The lowest BCUT2D eigenvalue weighted by Gasteiger charge is -2.27. The topological polar surface area (TPSA) is 87.5 Å². The third kappa shape index (κ3) is 4.75. The Labute approximate surface area is 211 Å². The first kappa shape index (κ1) is 23.8. The van der Waals surface area contributed by atoms with Crippen LogP contribution in [0, 0.1) is 5.41 Å². The Morgan fingerprint density at radius 3 is 2.72 bits per heavy atom. The number of rotatable bonds is 7. The molecule has 1 saturated heterocycles. The van der Waals surface area contributed by atoms with Crippen LogP contribution in [0.1, 0.15) is 41.2 Å². The highest BCUT2D eigenvalue weighted by Crippen LogP contribution is 2.36. The van der Waals surface area contributed by atoms with Crippen molar-refractivity contribution in [2.24, 2.45) is 0 Å². The van der Waals surface area contributed by atoms with Crippen molar-refractivity contribution < 1.29 is 14.3 Å². The number of hydrogen-bond donors (Lipinski definition) is 2. The number of amides is 1. The molecule has 2 aromatic carbocycles. The molecule has 1 aromatic heterocycles. The second kappa shape index (κ2) is 10.3. The lowest BCUT2D eigenvalue weighted by molar-refractivity contribution is -0.110. The van der Waals surface area contributed by atoms with Gasteiger partial charge in [-0.1, -0.05) is 31.5 Å². The Bertz CT molecular complexity index is 1320. The maximum Gasteiger partial charge on any atom is 0.256 e. The number of carbonyl (C=O) groups excluding carboxylic acids is 1. The largest absolute Gasteiger partial charge is 0.497 e. The van der Waals surface area contributed by atoms with Crippen LogP contribution in [0.15, 0.2) is 54.7 Å². The van der Waals surface area contributed by atoms with E-state index in [9.17, 15) is 4.79 Å². The zero-order valence-corrected chi connectivity index (χ0v) is 20.6. The summed E-state index contributed by atoms with van der Waals surface area (Å²) in [6, 6.07) is 15.6. The van der Waals surface area contributed by atoms with E-state index in [0.29, 0.717) is 30.2 Å². The van der Waals surface area contributed by atoms with Gasteiger partial charge in [-0.3, -0.25) is 10.2 Å². The van der Waals surface area contributed by atoms with Crippen LogP contribution in [0.3, 0.4) is 0 Å². The quantitative estimate of drug-likeness (QED) is 0.374. The van der Waals surface area contributed by atoms with Crippen molar-refractivity contribution in [1.82, 2.24) is 4.98 Å². The molecule has 0 spiro atoms. The van der Waals surface area contributed by atoms with Crippen LogP contribution in [0.5, 0.6) is 5.75 Å². The summed E-state index contributed by atoms with van der Waals surface area (Å²) in [4.78, 5) is 19.5. The monoisotopic (exact) mass is 482 g/mol. The molecule has 2 aliphatic heterocycles. The Hall–Kier alpha value is -3.97. The predicted octanol–water partition coefficient (Wildman–Crippen LogP) is 4.79. The Morgan fingerprint density at radius 1 is 1.17 bits per heavy atom. The number of morpholine rings is 1. The number of aromatic nitrogens is 1. The summed E-state index contributed by atoms with van der Waals surface area (Å²) >= 11 is 0. The van der Waals surface area contributed by atoms with Crippen LogP contribution < -0.4 is 15.0 Å². The lowest BCUT2D eigenvalue weighted by atomic mass is 9.93. The van der Waals surface area contributed by atoms with Gasteiger partial charge in [-0.25, -0.2) is 4.98 Å². The first-order valence-corrected chi connectivity index (χ1v) is 12.3. The summed E-state index contributed by atoms with van der Waals surface area (Å²) in [6.07, 6.45) is 5.48. The Kier molecular flexibility index (Phi) is 6.82. The third-order valence-corrected chi connectivity index (χ3v) is 6.61. The number of nitrogens with zero attached hydrogens (tertiary/aromatic N) is 2. The van der Waals surface area contributed by atoms with Crippen molar-refractivity contribution in [3.05, 3.63) is 82.5 Å². The number of pyridine rings is 1. The minimum absolute atomic E-state index is 0.126. The minimum Gasteiger partial charge on any atom is -0.497 e. The molecule has 2 aliphatic rings. The fraction of sp³-hybridized carbons (Fsp3) is 0.276. The van der Waals surface area contributed by atoms with Crippen LogP contribution in [0.2, 0.25) is 0 Å². The van der Waals surface area contributed by atoms with Gasteiger partial charge in [0.15, 0.2) is 0 Å². The molecule has 0 unspecified atom stereocenters. The third-order valence-electron chi connectivity index (χ3n) is 6.61. The highest BCUT2D eigenvalue weighted by atomic mass is 16.5. The van der Waals surface area contributed by atoms with Gasteiger partial charge in [0, 0.05) is 47.2 Å². The van der Waals surface area contributed by atoms with Crippen molar-refractivity contribution >= 4 is 34.8 Å². The van der Waals surface area contributed by atoms with E-state index >= 15 is 0 Å². The first-order chi connectivity index (χ1) is 17.6. The van der Waals surface area contributed by atoms with E-state index in [2.05, 4.69) is 28.2 Å². The van der Waals surface area contributed by atoms with Crippen LogP contribution in [0.4, 0.5) is 11.5 Å². The Balaban J connectivity index is 1.43. The van der Waals surface area contributed by atoms with Gasteiger partial charge in [-0.2, -0.15) is 0 Å². The fourth-order valence-electron chi connectivity index (χ4n) is 4.70. The average molecular weight is 483 g/mol. The average Bonchev–Trinajstić information content (AvgIpc) is 3.23. The van der Waals surface area contributed by atoms with E-state index in [4.69, 9.17) is 14.9 Å². The Morgan fingerprint density at radius 2 is 2.00 bits per heavy atom. The number of hydrogen-bond acceptors (Lipinski definition) is 6. The molecule has 1 amide bonds. The van der Waals surface area contributed by atoms with Crippen LogP contribution in [0.25, 0.3) is 11.6 Å². The second-order valence-electron chi connectivity index (χ2n) is 8.97. The van der Waals surface area contributed by atoms with Gasteiger partial charge in [0.25, 0.3) is 5.91 Å². The number of anilines is 2. The molecule has 36 heavy (non-hydrogen) atoms. The van der Waals surface area contributed by atoms with E-state index < -0.39 is 0 Å². The van der Waals surface area contributed by atoms with Gasteiger partial charge in [0.2, 0.25) is 0 Å². The molecule has 7 nitrogen and oxygen atoms in total. The first-order valence-electron chi connectivity index (χ1n) is 12.3. The van der Waals surface area contributed by atoms with Gasteiger partial charge in [0.05, 0.1) is 26.0 Å². The molecule has 0 saturated carbocycles. The molecule has 1 fully saturated rings. The van der Waals surface area contributed by atoms with Gasteiger partial charge in [-0.15, -0.1) is 0 Å². The smallest absolute Gasteiger partial charge is 0.256 e. The van der Waals surface area contributed by atoms with E-state index in [0.717, 1.165) is 65.3 Å². The molecule has 184 valence electrons. The normalized spacial score (nSPS) is 16.1. The molecule has 0 aliphatic carbocycles. The summed E-state index contributed by atoms with van der Waals surface area (Å²) in [5.74, 6) is 1.50. The number of fused-ring (bicyclic) bond motifs is 1. The van der Waals surface area contributed by atoms with Crippen LogP contribution in [-0.2, 0) is 16.0 Å². The number of ether oxygens (including phenoxy) is 2. The van der Waals surface area contributed by atoms with E-state index in [-0.39, 0.29) is 5.91 Å². The number of nitrogens with one attached hydrogen (secondary N) is 2. The maximum absolute atomic E-state index is 12.7. The molecule has 3 aromatic rings. The molecule has 3 heterocycles. The second-order valence-corrected chi connectivity index (χ2v) is 8.97. The van der Waals surface area contributed by atoms with Crippen LogP contribution in [-0.4, -0.2) is 50.0 Å². The maximum atomic E-state index is 12.7. The summed E-state index contributed by atoms with van der Waals surface area (Å²) in [5, 5.41) is 11.8. The summed E-state index contributed by atoms with van der Waals surface area (Å²) < 4.78 is 10.8. The zero-order chi connectivity index (χ0) is 25.1. The number of methoxy groups -OCH3 is 1. The molecular formula is C29H30N4O3. The van der Waals surface area contributed by atoms with Crippen molar-refractivity contribution in [3.8, 4) is 5.75 Å². The molecule has 2 N–H and O–H groups in total. The predicted molar refractivity (Wildman–Crippen MR) is 143 cm³/mol. The highest BCUT2D eigenvalue weighted by molar-refractivity contribution is 6.35. The number of carbonyl (C=O) groups is 1. The fourth-order valence-corrected chi connectivity index (χ4v) is 4.70. The van der Waals surface area contributed by atoms with Crippen LogP contribution >= 0.6 is 0 Å². The van der Waals surface area contributed by atoms with E-state index in [1.807, 2.05) is 48.5 Å². The van der Waals surface area contributed by atoms with E-state index in [1.54, 1.807) is 13.3 Å². The minimum atomic E-state index is -0.126. The number of benzene rings is 2. The van der Waals surface area contributed by atoms with Crippen molar-refractivity contribution in [1.29, 1.82) is 5.41 Å². The van der Waals surface area contributed by atoms with Gasteiger partial charge in [0.1, 0.15) is 11.6 Å². The van der Waals surface area contributed by atoms with E-state index in [1.165, 1.54) is 0 Å². The molecule has 5 rings (SSSR count). The zero-order valence-electron chi connectivity index (χ0n) is 20.6. The molecular weight excluding hydrogens is 452 g/mol. The summed E-state index contributed by atoms with van der Waals surface area (Å²) in [7, 11) is 1.62. The van der Waals surface area contributed by atoms with Crippen molar-refractivity contribution in [3.63, 3.8) is 0 Å². The van der Waals surface area contributed by atoms with Gasteiger partial charge in [-0.05, 0) is 54.0 Å². The molecule has 0 atom stereocenters. The number of aryl methyl sites for hydroxylation is 1.